The normalized spacial score (nSPS) is 12.8. The van der Waals surface area contributed by atoms with Gasteiger partial charge in [-0.25, -0.2) is 0 Å². The molecule has 0 aliphatic rings. The van der Waals surface area contributed by atoms with Crippen LogP contribution in [-0.4, -0.2) is 47.4 Å². The molecule has 1 amide bonds. The third kappa shape index (κ3) is 59.3. The maximum absolute atomic E-state index is 12.5. The van der Waals surface area contributed by atoms with Gasteiger partial charge in [-0.15, -0.1) is 0 Å². The topological polar surface area (TPSA) is 95.9 Å². The number of unbranched alkanes of at least 4 members (excludes halogenated alkanes) is 47. The molecule has 0 spiro atoms. The van der Waals surface area contributed by atoms with Crippen LogP contribution in [0.4, 0.5) is 0 Å². The summed E-state index contributed by atoms with van der Waals surface area (Å²) in [6, 6.07) is -0.633. The first-order chi connectivity index (χ1) is 36.5. The molecule has 74 heavy (non-hydrogen) atoms. The van der Waals surface area contributed by atoms with Gasteiger partial charge in [0.25, 0.3) is 0 Å². The van der Waals surface area contributed by atoms with Gasteiger partial charge >= 0.3 is 5.97 Å². The Morgan fingerprint density at radius 3 is 1.05 bits per heavy atom. The van der Waals surface area contributed by atoms with Crippen molar-refractivity contribution in [3.8, 4) is 0 Å². The highest BCUT2D eigenvalue weighted by atomic mass is 16.5. The SMILES string of the molecule is CCCCC/C=C\C/C=C\CCCCCCCC(=O)OCCCCCCCCCCCCCCCCCCCCC(=O)NC(CO)C(O)/C=C/CCCCCCCCCCCCCCCCCCCCCCCC. The Morgan fingerprint density at radius 2 is 0.676 bits per heavy atom. The number of amides is 1. The third-order valence-corrected chi connectivity index (χ3v) is 15.4. The lowest BCUT2D eigenvalue weighted by atomic mass is 10.0. The van der Waals surface area contributed by atoms with Crippen molar-refractivity contribution in [2.45, 2.75) is 373 Å². The first-order valence-electron chi connectivity index (χ1n) is 33.3. The molecule has 436 valence electrons. The quantitative estimate of drug-likeness (QED) is 0.0320. The number of hydrogen-bond acceptors (Lipinski definition) is 5. The smallest absolute Gasteiger partial charge is 0.305 e. The lowest BCUT2D eigenvalue weighted by Crippen LogP contribution is -2.45. The molecule has 0 aliphatic carbocycles. The number of ether oxygens (including phenoxy) is 1. The van der Waals surface area contributed by atoms with Crippen molar-refractivity contribution < 1.29 is 24.5 Å². The summed E-state index contributed by atoms with van der Waals surface area (Å²) in [6.45, 7) is 4.89. The second-order valence-corrected chi connectivity index (χ2v) is 22.8. The lowest BCUT2D eigenvalue weighted by Gasteiger charge is -2.20. The zero-order valence-electron chi connectivity index (χ0n) is 49.8. The van der Waals surface area contributed by atoms with Crippen molar-refractivity contribution in [3.63, 3.8) is 0 Å². The number of hydrogen-bond donors (Lipinski definition) is 3. The molecule has 2 atom stereocenters. The molecule has 6 heteroatoms. The number of nitrogens with one attached hydrogen (secondary N) is 1. The van der Waals surface area contributed by atoms with Crippen LogP contribution in [0.3, 0.4) is 0 Å². The highest BCUT2D eigenvalue weighted by molar-refractivity contribution is 5.76. The summed E-state index contributed by atoms with van der Waals surface area (Å²) >= 11 is 0. The second-order valence-electron chi connectivity index (χ2n) is 22.8. The predicted octanol–water partition coefficient (Wildman–Crippen LogP) is 21.1. The van der Waals surface area contributed by atoms with Crippen LogP contribution in [0.1, 0.15) is 361 Å². The van der Waals surface area contributed by atoms with E-state index >= 15 is 0 Å². The molecule has 0 heterocycles. The number of rotatable bonds is 62. The van der Waals surface area contributed by atoms with Crippen LogP contribution in [0.25, 0.3) is 0 Å². The van der Waals surface area contributed by atoms with Crippen molar-refractivity contribution >= 4 is 11.9 Å². The number of aliphatic hydroxyl groups excluding tert-OH is 2. The minimum atomic E-state index is -0.849. The minimum absolute atomic E-state index is 0.00696. The first-order valence-corrected chi connectivity index (χ1v) is 33.3. The minimum Gasteiger partial charge on any atom is -0.466 e. The molecule has 0 aromatic heterocycles. The number of allylic oxidation sites excluding steroid dienone is 5. The fourth-order valence-corrected chi connectivity index (χ4v) is 10.3. The monoisotopic (exact) mass is 1040 g/mol. The van der Waals surface area contributed by atoms with E-state index < -0.39 is 12.1 Å². The summed E-state index contributed by atoms with van der Waals surface area (Å²) in [5, 5.41) is 23.3. The highest BCUT2D eigenvalue weighted by Gasteiger charge is 2.18. The van der Waals surface area contributed by atoms with Crippen LogP contribution in [0, 0.1) is 0 Å². The Morgan fingerprint density at radius 1 is 0.378 bits per heavy atom. The standard InChI is InChI=1S/C68H129NO5/c1-3-5-7-9-11-13-15-17-19-20-21-22-23-24-25-26-29-33-36-40-44-48-52-56-60-66(71)65(64-70)69-67(72)61-57-53-49-45-41-37-34-30-27-28-31-35-39-43-47-51-55-59-63-74-68(73)62-58-54-50-46-42-38-32-18-16-14-12-10-8-6-4-2/h12,14,18,32,56,60,65-66,70-71H,3-11,13,15-17,19-31,33-55,57-59,61-64H2,1-2H3,(H,69,72)/b14-12-,32-18-,60-56+. The summed E-state index contributed by atoms with van der Waals surface area (Å²) < 4.78 is 5.48. The second kappa shape index (κ2) is 63.6. The van der Waals surface area contributed by atoms with Crippen molar-refractivity contribution in [1.82, 2.24) is 5.32 Å². The number of carbonyl (C=O) groups is 2. The fourth-order valence-electron chi connectivity index (χ4n) is 10.3. The van der Waals surface area contributed by atoms with Crippen LogP contribution in [0.2, 0.25) is 0 Å². The van der Waals surface area contributed by atoms with E-state index in [-0.39, 0.29) is 18.5 Å². The van der Waals surface area contributed by atoms with Gasteiger partial charge in [0.1, 0.15) is 0 Å². The fraction of sp³-hybridized carbons (Fsp3) is 0.882. The molecule has 0 aromatic carbocycles. The van der Waals surface area contributed by atoms with Gasteiger partial charge in [0.2, 0.25) is 5.91 Å². The van der Waals surface area contributed by atoms with E-state index in [9.17, 15) is 19.8 Å². The van der Waals surface area contributed by atoms with Gasteiger partial charge in [-0.3, -0.25) is 9.59 Å². The van der Waals surface area contributed by atoms with Crippen LogP contribution < -0.4 is 5.32 Å². The maximum atomic E-state index is 12.5. The maximum Gasteiger partial charge on any atom is 0.305 e. The molecule has 3 N–H and O–H groups in total. The van der Waals surface area contributed by atoms with Gasteiger partial charge in [0.05, 0.1) is 25.4 Å². The van der Waals surface area contributed by atoms with Crippen LogP contribution in [0.15, 0.2) is 36.5 Å². The van der Waals surface area contributed by atoms with E-state index in [1.807, 2.05) is 6.08 Å². The molecule has 0 saturated carbocycles. The van der Waals surface area contributed by atoms with Crippen LogP contribution in [0.5, 0.6) is 0 Å². The van der Waals surface area contributed by atoms with Crippen LogP contribution in [-0.2, 0) is 14.3 Å². The Kier molecular flexibility index (Phi) is 62.0. The predicted molar refractivity (Wildman–Crippen MR) is 324 cm³/mol. The van der Waals surface area contributed by atoms with E-state index in [1.165, 1.54) is 283 Å². The molecule has 0 rings (SSSR count). The molecule has 6 nitrogen and oxygen atoms in total. The lowest BCUT2D eigenvalue weighted by molar-refractivity contribution is -0.143. The molecule has 0 bridgehead atoms. The average molecular weight is 1040 g/mol. The molecular weight excluding hydrogens is 911 g/mol. The molecule has 0 fully saturated rings. The molecule has 0 saturated heterocycles. The Bertz CT molecular complexity index is 1200. The summed E-state index contributed by atoms with van der Waals surface area (Å²) in [5.41, 5.74) is 0. The van der Waals surface area contributed by atoms with Gasteiger partial charge in [0.15, 0.2) is 0 Å². The van der Waals surface area contributed by atoms with Gasteiger partial charge in [-0.2, -0.15) is 0 Å². The van der Waals surface area contributed by atoms with E-state index in [0.29, 0.717) is 19.4 Å². The number of carbonyl (C=O) groups excluding carboxylic acids is 2. The van der Waals surface area contributed by atoms with Gasteiger partial charge < -0.3 is 20.3 Å². The molecular formula is C68H129NO5. The Hall–Kier alpha value is -1.92. The first kappa shape index (κ1) is 72.1. The average Bonchev–Trinajstić information content (AvgIpc) is 3.40. The highest BCUT2D eigenvalue weighted by Crippen LogP contribution is 2.18. The van der Waals surface area contributed by atoms with E-state index in [2.05, 4.69) is 43.5 Å². The zero-order valence-corrected chi connectivity index (χ0v) is 49.8. The molecule has 0 aliphatic heterocycles. The summed E-state index contributed by atoms with van der Waals surface area (Å²) in [6.07, 6.45) is 80.5. The van der Waals surface area contributed by atoms with Crippen molar-refractivity contribution in [1.29, 1.82) is 0 Å². The number of esters is 1. The van der Waals surface area contributed by atoms with E-state index in [4.69, 9.17) is 4.74 Å². The van der Waals surface area contributed by atoms with Gasteiger partial charge in [0, 0.05) is 12.8 Å². The largest absolute Gasteiger partial charge is 0.466 e. The van der Waals surface area contributed by atoms with Crippen molar-refractivity contribution in [2.75, 3.05) is 13.2 Å². The summed E-state index contributed by atoms with van der Waals surface area (Å²) in [5.74, 6) is -0.0759. The third-order valence-electron chi connectivity index (χ3n) is 15.4. The summed E-state index contributed by atoms with van der Waals surface area (Å²) in [4.78, 5) is 24.6. The van der Waals surface area contributed by atoms with Gasteiger partial charge in [-0.05, 0) is 64.2 Å². The Labute approximate surface area is 462 Å². The number of aliphatic hydroxyl groups is 2. The van der Waals surface area contributed by atoms with Crippen LogP contribution >= 0.6 is 0 Å². The Balaban J connectivity index is 3.44. The van der Waals surface area contributed by atoms with Gasteiger partial charge in [-0.1, -0.05) is 320 Å². The molecule has 0 radical (unpaired) electrons. The van der Waals surface area contributed by atoms with E-state index in [1.54, 1.807) is 6.08 Å². The molecule has 2 unspecified atom stereocenters. The van der Waals surface area contributed by atoms with Crippen molar-refractivity contribution in [2.24, 2.45) is 0 Å². The molecule has 0 aromatic rings. The summed E-state index contributed by atoms with van der Waals surface area (Å²) in [7, 11) is 0. The van der Waals surface area contributed by atoms with Crippen molar-refractivity contribution in [3.05, 3.63) is 36.5 Å². The van der Waals surface area contributed by atoms with E-state index in [0.717, 1.165) is 51.4 Å². The zero-order chi connectivity index (χ0) is 53.6.